The average molecular weight is 439 g/mol. The Labute approximate surface area is 186 Å². The van der Waals surface area contributed by atoms with Gasteiger partial charge in [-0.05, 0) is 17.7 Å². The largest absolute Gasteiger partial charge is 0.495 e. The number of halogens is 1. The first-order valence-corrected chi connectivity index (χ1v) is 10.1. The van der Waals surface area contributed by atoms with Gasteiger partial charge in [0.05, 0.1) is 30.9 Å². The first kappa shape index (κ1) is 22.2. The van der Waals surface area contributed by atoms with Gasteiger partial charge in [-0.1, -0.05) is 42.4 Å². The Morgan fingerprint density at radius 2 is 1.84 bits per heavy atom. The van der Waals surface area contributed by atoms with Crippen molar-refractivity contribution in [2.24, 2.45) is 0 Å². The zero-order valence-electron chi connectivity index (χ0n) is 17.2. The number of anilines is 1. The quantitative estimate of drug-likeness (QED) is 0.549. The lowest BCUT2D eigenvalue weighted by Gasteiger charge is -2.34. The number of hydrogen-bond donors (Lipinski definition) is 1. The molecule has 8 heteroatoms. The monoisotopic (exact) mass is 438 g/mol. The highest BCUT2D eigenvalue weighted by atomic mass is 35.5. The maximum absolute atomic E-state index is 12.7. The molecule has 31 heavy (non-hydrogen) atoms. The van der Waals surface area contributed by atoms with E-state index in [1.54, 1.807) is 35.1 Å². The molecule has 0 radical (unpaired) electrons. The molecule has 1 aliphatic rings. The second-order valence-electron chi connectivity index (χ2n) is 6.95. The van der Waals surface area contributed by atoms with Gasteiger partial charge in [0.2, 0.25) is 11.8 Å². The number of carbonyl (C=O) groups is 2. The zero-order valence-corrected chi connectivity index (χ0v) is 18.0. The molecule has 2 aromatic carbocycles. The number of hydrogen-bond acceptors (Lipinski definition) is 4. The fraction of sp³-hybridized carbons (Fsp3) is 0.261. The van der Waals surface area contributed by atoms with Gasteiger partial charge in [0.1, 0.15) is 5.75 Å². The minimum Gasteiger partial charge on any atom is -0.495 e. The van der Waals surface area contributed by atoms with E-state index in [2.05, 4.69) is 16.7 Å². The maximum atomic E-state index is 12.7. The van der Waals surface area contributed by atoms with Crippen LogP contribution < -0.4 is 10.1 Å². The summed E-state index contributed by atoms with van der Waals surface area (Å²) in [5, 5.41) is 3.65. The molecule has 0 bridgehead atoms. The van der Waals surface area contributed by atoms with Crippen molar-refractivity contribution in [3.8, 4) is 16.9 Å². The molecule has 0 unspecified atom stereocenters. The van der Waals surface area contributed by atoms with Gasteiger partial charge in [-0.3, -0.25) is 9.59 Å². The molecule has 0 atom stereocenters. The highest BCUT2D eigenvalue weighted by Gasteiger charge is 2.23. The van der Waals surface area contributed by atoms with E-state index >= 15 is 0 Å². The van der Waals surface area contributed by atoms with Gasteiger partial charge in [0.25, 0.3) is 0 Å². The fourth-order valence-corrected chi connectivity index (χ4v) is 3.65. The van der Waals surface area contributed by atoms with Crippen LogP contribution in [0, 0.1) is 6.57 Å². The van der Waals surface area contributed by atoms with E-state index in [0.717, 1.165) is 11.1 Å². The third-order valence-electron chi connectivity index (χ3n) is 5.15. The second kappa shape index (κ2) is 10.0. The number of amides is 2. The smallest absolute Gasteiger partial charge is 0.246 e. The van der Waals surface area contributed by atoms with E-state index in [9.17, 15) is 9.59 Å². The molecule has 7 nitrogen and oxygen atoms in total. The second-order valence-corrected chi connectivity index (χ2v) is 7.36. The van der Waals surface area contributed by atoms with Crippen LogP contribution in [0.4, 0.5) is 11.4 Å². The highest BCUT2D eigenvalue weighted by Crippen LogP contribution is 2.37. The van der Waals surface area contributed by atoms with Gasteiger partial charge in [-0.15, -0.1) is 0 Å². The predicted octanol–water partition coefficient (Wildman–Crippen LogP) is 3.84. The molecule has 0 aromatic heterocycles. The first-order valence-electron chi connectivity index (χ1n) is 9.75. The molecule has 1 aliphatic heterocycles. The lowest BCUT2D eigenvalue weighted by molar-refractivity contribution is -0.135. The SMILES string of the molecule is [C-]#[N+]c1ccc(-c2cc(NCC(=O)N3CCN(C(=O)C=C)CC3)c(OC)cc2Cl)cc1. The van der Waals surface area contributed by atoms with Crippen molar-refractivity contribution < 1.29 is 14.3 Å². The van der Waals surface area contributed by atoms with Crippen molar-refractivity contribution in [2.75, 3.05) is 45.2 Å². The zero-order chi connectivity index (χ0) is 22.4. The molecule has 0 saturated carbocycles. The minimum absolute atomic E-state index is 0.0642. The number of rotatable bonds is 6. The van der Waals surface area contributed by atoms with Crippen molar-refractivity contribution in [1.29, 1.82) is 0 Å². The third kappa shape index (κ3) is 5.16. The van der Waals surface area contributed by atoms with Crippen LogP contribution in [0.25, 0.3) is 16.0 Å². The summed E-state index contributed by atoms with van der Waals surface area (Å²) in [5.41, 5.74) is 2.82. The molecule has 0 aliphatic carbocycles. The lowest BCUT2D eigenvalue weighted by Crippen LogP contribution is -2.51. The van der Waals surface area contributed by atoms with E-state index < -0.39 is 0 Å². The summed E-state index contributed by atoms with van der Waals surface area (Å²) in [5.74, 6) is 0.347. The van der Waals surface area contributed by atoms with E-state index in [1.165, 1.54) is 6.08 Å². The Balaban J connectivity index is 1.70. The molecule has 1 saturated heterocycles. The summed E-state index contributed by atoms with van der Waals surface area (Å²) in [4.78, 5) is 31.2. The molecule has 1 fully saturated rings. The van der Waals surface area contributed by atoms with Crippen LogP contribution in [0.2, 0.25) is 5.02 Å². The van der Waals surface area contributed by atoms with Crippen LogP contribution in [0.3, 0.4) is 0 Å². The van der Waals surface area contributed by atoms with E-state index in [1.807, 2.05) is 18.2 Å². The number of methoxy groups -OCH3 is 1. The van der Waals surface area contributed by atoms with Crippen molar-refractivity contribution in [2.45, 2.75) is 0 Å². The predicted molar refractivity (Wildman–Crippen MR) is 122 cm³/mol. The minimum atomic E-state index is -0.118. The molecule has 0 spiro atoms. The third-order valence-corrected chi connectivity index (χ3v) is 5.46. The molecular formula is C23H23ClN4O3. The fourth-order valence-electron chi connectivity index (χ4n) is 3.39. The standard InChI is InChI=1S/C23H23ClN4O3/c1-4-22(29)27-9-11-28(12-10-27)23(30)15-26-20-13-18(19(24)14-21(20)31-3)16-5-7-17(25-2)8-6-16/h4-8,13-14,26H,1,9-12,15H2,3H3. The number of nitrogens with one attached hydrogen (secondary N) is 1. The summed E-state index contributed by atoms with van der Waals surface area (Å²) < 4.78 is 5.42. The molecular weight excluding hydrogens is 416 g/mol. The van der Waals surface area contributed by atoms with Crippen LogP contribution in [0.5, 0.6) is 5.75 Å². The molecule has 1 heterocycles. The average Bonchev–Trinajstić information content (AvgIpc) is 2.82. The van der Waals surface area contributed by atoms with Crippen LogP contribution in [0.1, 0.15) is 0 Å². The first-order chi connectivity index (χ1) is 15.0. The highest BCUT2D eigenvalue weighted by molar-refractivity contribution is 6.33. The molecule has 2 amide bonds. The Kier molecular flexibility index (Phi) is 7.16. The van der Waals surface area contributed by atoms with Gasteiger partial charge in [0, 0.05) is 37.8 Å². The van der Waals surface area contributed by atoms with Gasteiger partial charge in [-0.25, -0.2) is 4.85 Å². The Morgan fingerprint density at radius 3 is 2.42 bits per heavy atom. The van der Waals surface area contributed by atoms with Crippen molar-refractivity contribution in [1.82, 2.24) is 9.80 Å². The van der Waals surface area contributed by atoms with E-state index in [-0.39, 0.29) is 18.4 Å². The number of carbonyl (C=O) groups excluding carboxylic acids is 2. The summed E-state index contributed by atoms with van der Waals surface area (Å²) in [7, 11) is 1.54. The Bertz CT molecular complexity index is 1020. The lowest BCUT2D eigenvalue weighted by atomic mass is 10.0. The van der Waals surface area contributed by atoms with Gasteiger partial charge < -0.3 is 19.9 Å². The van der Waals surface area contributed by atoms with Crippen molar-refractivity contribution in [3.63, 3.8) is 0 Å². The number of piperazine rings is 1. The van der Waals surface area contributed by atoms with Crippen LogP contribution in [0.15, 0.2) is 49.1 Å². The summed E-state index contributed by atoms with van der Waals surface area (Å²) in [6.07, 6.45) is 1.29. The number of nitrogens with zero attached hydrogens (tertiary/aromatic N) is 3. The molecule has 3 rings (SSSR count). The summed E-state index contributed by atoms with van der Waals surface area (Å²) in [6, 6.07) is 10.7. The van der Waals surface area contributed by atoms with E-state index in [4.69, 9.17) is 22.9 Å². The van der Waals surface area contributed by atoms with Crippen LogP contribution >= 0.6 is 11.6 Å². The van der Waals surface area contributed by atoms with Gasteiger partial charge in [-0.2, -0.15) is 0 Å². The van der Waals surface area contributed by atoms with E-state index in [0.29, 0.717) is 48.3 Å². The normalized spacial score (nSPS) is 13.3. The van der Waals surface area contributed by atoms with Gasteiger partial charge in [0.15, 0.2) is 5.69 Å². The van der Waals surface area contributed by atoms with Crippen LogP contribution in [-0.2, 0) is 9.59 Å². The summed E-state index contributed by atoms with van der Waals surface area (Å²) in [6.45, 7) is 12.6. The maximum Gasteiger partial charge on any atom is 0.246 e. The van der Waals surface area contributed by atoms with Crippen LogP contribution in [-0.4, -0.2) is 61.4 Å². The Morgan fingerprint density at radius 1 is 1.19 bits per heavy atom. The summed E-state index contributed by atoms with van der Waals surface area (Å²) >= 11 is 6.44. The van der Waals surface area contributed by atoms with Crippen molar-refractivity contribution in [3.05, 3.63) is 65.5 Å². The molecule has 2 aromatic rings. The topological polar surface area (TPSA) is 66.2 Å². The Hall–Kier alpha value is -3.50. The molecule has 1 N–H and O–H groups in total. The van der Waals surface area contributed by atoms with Crippen molar-refractivity contribution >= 4 is 34.8 Å². The number of ether oxygens (including phenoxy) is 1. The van der Waals surface area contributed by atoms with Gasteiger partial charge >= 0.3 is 0 Å². The molecule has 160 valence electrons. The number of benzene rings is 2.